The van der Waals surface area contributed by atoms with Gasteiger partial charge in [-0.3, -0.25) is 0 Å². The van der Waals surface area contributed by atoms with Crippen molar-refractivity contribution in [2.45, 2.75) is 13.0 Å². The van der Waals surface area contributed by atoms with Crippen LogP contribution in [0.4, 0.5) is 0 Å². The number of tetrazole rings is 1. The van der Waals surface area contributed by atoms with E-state index in [2.05, 4.69) is 15.5 Å². The van der Waals surface area contributed by atoms with Gasteiger partial charge in [-0.25, -0.2) is 4.68 Å². The molecule has 5 nitrogen and oxygen atoms in total. The SMILES string of the molecule is CC(N)c1nnnn1C. The van der Waals surface area contributed by atoms with E-state index in [-0.39, 0.29) is 6.04 Å². The molecule has 0 fully saturated rings. The van der Waals surface area contributed by atoms with Gasteiger partial charge in [0.15, 0.2) is 5.82 Å². The van der Waals surface area contributed by atoms with Crippen LogP contribution in [0.25, 0.3) is 0 Å². The van der Waals surface area contributed by atoms with Gasteiger partial charge >= 0.3 is 0 Å². The van der Waals surface area contributed by atoms with E-state index in [4.69, 9.17) is 5.73 Å². The molecule has 0 aromatic carbocycles. The highest BCUT2D eigenvalue weighted by Gasteiger charge is 2.05. The number of nitrogens with two attached hydrogens (primary N) is 1. The Hall–Kier alpha value is -0.970. The third kappa shape index (κ3) is 1.05. The molecule has 1 aromatic rings. The van der Waals surface area contributed by atoms with Crippen LogP contribution >= 0.6 is 0 Å². The molecule has 0 saturated carbocycles. The zero-order valence-corrected chi connectivity index (χ0v) is 5.44. The third-order valence-electron chi connectivity index (χ3n) is 1.06. The summed E-state index contributed by atoms with van der Waals surface area (Å²) in [5.74, 6) is 0.704. The largest absolute Gasteiger partial charge is 0.322 e. The smallest absolute Gasteiger partial charge is 0.167 e. The van der Waals surface area contributed by atoms with Crippen molar-refractivity contribution in [3.05, 3.63) is 5.82 Å². The van der Waals surface area contributed by atoms with E-state index in [9.17, 15) is 0 Å². The van der Waals surface area contributed by atoms with Crippen molar-refractivity contribution >= 4 is 0 Å². The molecular formula is C4H9N5. The molecule has 1 rings (SSSR count). The molecule has 0 aliphatic rings. The van der Waals surface area contributed by atoms with Gasteiger partial charge in [0.1, 0.15) is 0 Å². The number of hydrogen-bond acceptors (Lipinski definition) is 4. The minimum Gasteiger partial charge on any atom is -0.322 e. The first-order chi connectivity index (χ1) is 4.22. The lowest BCUT2D eigenvalue weighted by molar-refractivity contribution is 0.632. The summed E-state index contributed by atoms with van der Waals surface area (Å²) in [7, 11) is 1.76. The Labute approximate surface area is 52.8 Å². The molecular weight excluding hydrogens is 118 g/mol. The maximum absolute atomic E-state index is 5.50. The molecule has 0 aliphatic heterocycles. The van der Waals surface area contributed by atoms with E-state index in [0.29, 0.717) is 5.82 Å². The molecule has 5 heteroatoms. The normalized spacial score (nSPS) is 13.7. The highest BCUT2D eigenvalue weighted by Crippen LogP contribution is 1.99. The van der Waals surface area contributed by atoms with E-state index >= 15 is 0 Å². The van der Waals surface area contributed by atoms with E-state index in [0.717, 1.165) is 0 Å². The summed E-state index contributed by atoms with van der Waals surface area (Å²) in [4.78, 5) is 0. The van der Waals surface area contributed by atoms with Crippen LogP contribution in [-0.4, -0.2) is 20.2 Å². The second kappa shape index (κ2) is 2.10. The Kier molecular flexibility index (Phi) is 1.44. The summed E-state index contributed by atoms with van der Waals surface area (Å²) in [5.41, 5.74) is 5.50. The summed E-state index contributed by atoms with van der Waals surface area (Å²) in [5, 5.41) is 10.7. The number of hydrogen-bond donors (Lipinski definition) is 1. The minimum atomic E-state index is -0.0926. The van der Waals surface area contributed by atoms with Gasteiger partial charge in [-0.05, 0) is 17.4 Å². The summed E-state index contributed by atoms with van der Waals surface area (Å²) < 4.78 is 1.56. The zero-order chi connectivity index (χ0) is 6.85. The van der Waals surface area contributed by atoms with Gasteiger partial charge < -0.3 is 5.73 Å². The molecule has 1 heterocycles. The van der Waals surface area contributed by atoms with E-state index in [1.165, 1.54) is 0 Å². The number of aryl methyl sites for hydroxylation is 1. The molecule has 0 amide bonds. The molecule has 0 aliphatic carbocycles. The van der Waals surface area contributed by atoms with E-state index < -0.39 is 0 Å². The van der Waals surface area contributed by atoms with Crippen molar-refractivity contribution in [2.24, 2.45) is 12.8 Å². The van der Waals surface area contributed by atoms with Crippen LogP contribution in [0.15, 0.2) is 0 Å². The maximum atomic E-state index is 5.50. The molecule has 0 saturated heterocycles. The van der Waals surface area contributed by atoms with Crippen molar-refractivity contribution in [1.29, 1.82) is 0 Å². The molecule has 50 valence electrons. The average Bonchev–Trinajstić information content (AvgIpc) is 2.13. The van der Waals surface area contributed by atoms with Gasteiger partial charge in [-0.1, -0.05) is 0 Å². The van der Waals surface area contributed by atoms with Gasteiger partial charge in [0.2, 0.25) is 0 Å². The average molecular weight is 127 g/mol. The fourth-order valence-electron chi connectivity index (χ4n) is 0.622. The fourth-order valence-corrected chi connectivity index (χ4v) is 0.622. The van der Waals surface area contributed by atoms with Gasteiger partial charge in [0.25, 0.3) is 0 Å². The molecule has 9 heavy (non-hydrogen) atoms. The van der Waals surface area contributed by atoms with E-state index in [1.807, 2.05) is 6.92 Å². The number of rotatable bonds is 1. The molecule has 0 bridgehead atoms. The Bertz CT molecular complexity index is 191. The van der Waals surface area contributed by atoms with Gasteiger partial charge in [-0.2, -0.15) is 0 Å². The third-order valence-corrected chi connectivity index (χ3v) is 1.06. The van der Waals surface area contributed by atoms with Gasteiger partial charge in [0, 0.05) is 7.05 Å². The van der Waals surface area contributed by atoms with E-state index in [1.54, 1.807) is 11.7 Å². The lowest BCUT2D eigenvalue weighted by atomic mass is 10.3. The number of aromatic nitrogens is 4. The van der Waals surface area contributed by atoms with Crippen molar-refractivity contribution in [3.63, 3.8) is 0 Å². The predicted octanol–water partition coefficient (Wildman–Crippen LogP) is -0.770. The Morgan fingerprint density at radius 1 is 1.67 bits per heavy atom. The van der Waals surface area contributed by atoms with Crippen LogP contribution in [0.1, 0.15) is 18.8 Å². The Morgan fingerprint density at radius 2 is 2.33 bits per heavy atom. The second-order valence-corrected chi connectivity index (χ2v) is 1.95. The summed E-state index contributed by atoms with van der Waals surface area (Å²) in [6, 6.07) is -0.0926. The Morgan fingerprint density at radius 3 is 2.56 bits per heavy atom. The van der Waals surface area contributed by atoms with Crippen LogP contribution in [0.3, 0.4) is 0 Å². The topological polar surface area (TPSA) is 69.6 Å². The van der Waals surface area contributed by atoms with Gasteiger partial charge in [-0.15, -0.1) is 5.10 Å². The molecule has 0 radical (unpaired) electrons. The zero-order valence-electron chi connectivity index (χ0n) is 5.44. The fraction of sp³-hybridized carbons (Fsp3) is 0.750. The molecule has 2 N–H and O–H groups in total. The monoisotopic (exact) mass is 127 g/mol. The molecule has 1 aromatic heterocycles. The van der Waals surface area contributed by atoms with Crippen molar-refractivity contribution in [1.82, 2.24) is 20.2 Å². The number of nitrogens with zero attached hydrogens (tertiary/aromatic N) is 4. The second-order valence-electron chi connectivity index (χ2n) is 1.95. The lowest BCUT2D eigenvalue weighted by Crippen LogP contribution is -2.11. The standard InChI is InChI=1S/C4H9N5/c1-3(5)4-6-7-8-9(4)2/h3H,5H2,1-2H3. The quantitative estimate of drug-likeness (QED) is 0.537. The molecule has 0 spiro atoms. The minimum absolute atomic E-state index is 0.0926. The maximum Gasteiger partial charge on any atom is 0.167 e. The summed E-state index contributed by atoms with van der Waals surface area (Å²) in [6.45, 7) is 1.84. The summed E-state index contributed by atoms with van der Waals surface area (Å²) >= 11 is 0. The van der Waals surface area contributed by atoms with Crippen molar-refractivity contribution < 1.29 is 0 Å². The first-order valence-electron chi connectivity index (χ1n) is 2.69. The van der Waals surface area contributed by atoms with Crippen LogP contribution in [0.2, 0.25) is 0 Å². The first-order valence-corrected chi connectivity index (χ1v) is 2.69. The van der Waals surface area contributed by atoms with Crippen molar-refractivity contribution in [3.8, 4) is 0 Å². The van der Waals surface area contributed by atoms with Gasteiger partial charge in [0.05, 0.1) is 6.04 Å². The molecule has 1 atom stereocenters. The Balaban J connectivity index is 2.94. The van der Waals surface area contributed by atoms with Crippen LogP contribution in [-0.2, 0) is 7.05 Å². The predicted molar refractivity (Wildman–Crippen MR) is 31.4 cm³/mol. The lowest BCUT2D eigenvalue weighted by Gasteiger charge is -1.99. The van der Waals surface area contributed by atoms with Crippen LogP contribution < -0.4 is 5.73 Å². The highest BCUT2D eigenvalue weighted by molar-refractivity contribution is 4.85. The highest BCUT2D eigenvalue weighted by atomic mass is 15.5. The summed E-state index contributed by atoms with van der Waals surface area (Å²) in [6.07, 6.45) is 0. The van der Waals surface area contributed by atoms with Crippen LogP contribution in [0.5, 0.6) is 0 Å². The molecule has 1 unspecified atom stereocenters. The van der Waals surface area contributed by atoms with Crippen molar-refractivity contribution in [2.75, 3.05) is 0 Å². The van der Waals surface area contributed by atoms with Crippen LogP contribution in [0, 0.1) is 0 Å². The first kappa shape index (κ1) is 6.15.